The fourth-order valence-electron chi connectivity index (χ4n) is 4.53. The molecule has 7 heteroatoms. The summed E-state index contributed by atoms with van der Waals surface area (Å²) in [6.07, 6.45) is 1.29. The SMILES string of the molecule is COc1ccc2c(c1O)-c1c(O)c(OC)cc3c1C(C2)[N+](OC)(OC)CC3. The summed E-state index contributed by atoms with van der Waals surface area (Å²) in [5.74, 6) is 0.751. The number of hydrogen-bond donors (Lipinski definition) is 2. The van der Waals surface area contributed by atoms with Gasteiger partial charge in [-0.05, 0) is 28.1 Å². The van der Waals surface area contributed by atoms with Gasteiger partial charge in [-0.15, -0.1) is 0 Å². The summed E-state index contributed by atoms with van der Waals surface area (Å²) in [6.45, 7) is 0.634. The number of ether oxygens (including phenoxy) is 2. The molecule has 1 atom stereocenters. The maximum absolute atomic E-state index is 11.0. The van der Waals surface area contributed by atoms with Crippen molar-refractivity contribution >= 4 is 0 Å². The standard InChI is InChI=1S/C20H23NO6/c1-24-14-6-5-11-9-13-16-12(7-8-21(13,26-3)27-4)10-15(25-2)20(23)18(16)17(11)19(14)22/h5-6,10,13H,7-9H2,1-4H3,(H-,22,23)/p+1. The first-order chi connectivity index (χ1) is 13.0. The van der Waals surface area contributed by atoms with E-state index in [0.29, 0.717) is 42.0 Å². The number of aromatic hydroxyl groups is 2. The Morgan fingerprint density at radius 1 is 0.889 bits per heavy atom. The Morgan fingerprint density at radius 2 is 1.56 bits per heavy atom. The second-order valence-electron chi connectivity index (χ2n) is 6.81. The monoisotopic (exact) mass is 374 g/mol. The topological polar surface area (TPSA) is 77.4 Å². The second kappa shape index (κ2) is 6.30. The van der Waals surface area contributed by atoms with Gasteiger partial charge in [0.25, 0.3) is 0 Å². The molecule has 2 aliphatic rings. The number of phenolic OH excluding ortho intramolecular Hbond substituents is 2. The molecule has 0 aromatic heterocycles. The van der Waals surface area contributed by atoms with Crippen LogP contribution in [-0.4, -0.2) is 50.0 Å². The Labute approximate surface area is 157 Å². The third kappa shape index (κ3) is 2.32. The van der Waals surface area contributed by atoms with Crippen molar-refractivity contribution in [2.75, 3.05) is 35.0 Å². The molecule has 0 radical (unpaired) electrons. The number of nitrogens with zero attached hydrogens (tertiary/aromatic N) is 1. The highest BCUT2D eigenvalue weighted by Crippen LogP contribution is 2.57. The molecule has 1 aliphatic carbocycles. The van der Waals surface area contributed by atoms with E-state index >= 15 is 0 Å². The highest BCUT2D eigenvalue weighted by atomic mass is 17.0. The van der Waals surface area contributed by atoms with Gasteiger partial charge in [0.1, 0.15) is 6.54 Å². The van der Waals surface area contributed by atoms with Gasteiger partial charge in [0.2, 0.25) is 0 Å². The number of methoxy groups -OCH3 is 2. The zero-order valence-electron chi connectivity index (χ0n) is 15.9. The minimum absolute atomic E-state index is 0.00189. The van der Waals surface area contributed by atoms with Crippen molar-refractivity contribution in [2.24, 2.45) is 0 Å². The van der Waals surface area contributed by atoms with Crippen molar-refractivity contribution in [3.8, 4) is 34.1 Å². The van der Waals surface area contributed by atoms with E-state index in [9.17, 15) is 10.2 Å². The van der Waals surface area contributed by atoms with E-state index in [4.69, 9.17) is 19.1 Å². The summed E-state index contributed by atoms with van der Waals surface area (Å²) in [7, 11) is 6.27. The zero-order chi connectivity index (χ0) is 19.3. The molecule has 2 aromatic carbocycles. The van der Waals surface area contributed by atoms with Crippen LogP contribution in [0.4, 0.5) is 0 Å². The van der Waals surface area contributed by atoms with Crippen LogP contribution >= 0.6 is 0 Å². The van der Waals surface area contributed by atoms with Crippen LogP contribution in [0.3, 0.4) is 0 Å². The van der Waals surface area contributed by atoms with Gasteiger partial charge in [-0.1, -0.05) is 6.07 Å². The van der Waals surface area contributed by atoms with Crippen molar-refractivity contribution in [3.05, 3.63) is 34.9 Å². The van der Waals surface area contributed by atoms with Crippen molar-refractivity contribution < 1.29 is 34.2 Å². The summed E-state index contributed by atoms with van der Waals surface area (Å²) in [5.41, 5.74) is 3.99. The molecule has 0 amide bonds. The van der Waals surface area contributed by atoms with E-state index in [1.165, 1.54) is 14.2 Å². The number of phenols is 2. The van der Waals surface area contributed by atoms with Crippen LogP contribution in [0.25, 0.3) is 11.1 Å². The molecular weight excluding hydrogens is 350 g/mol. The van der Waals surface area contributed by atoms with E-state index < -0.39 is 0 Å². The fraction of sp³-hybridized carbons (Fsp3) is 0.400. The number of hydroxylamine groups is 4. The van der Waals surface area contributed by atoms with Crippen LogP contribution in [0.5, 0.6) is 23.0 Å². The summed E-state index contributed by atoms with van der Waals surface area (Å²) in [5, 5.41) is 21.8. The normalized spacial score (nSPS) is 19.2. The van der Waals surface area contributed by atoms with Gasteiger partial charge in [0.15, 0.2) is 29.0 Å². The van der Waals surface area contributed by atoms with Gasteiger partial charge >= 0.3 is 0 Å². The fourth-order valence-corrected chi connectivity index (χ4v) is 4.53. The van der Waals surface area contributed by atoms with Crippen LogP contribution in [0.1, 0.15) is 22.7 Å². The number of hydrogen-bond acceptors (Lipinski definition) is 6. The van der Waals surface area contributed by atoms with Gasteiger partial charge in [-0.25, -0.2) is 0 Å². The Bertz CT molecular complexity index is 906. The minimum atomic E-state index is -0.171. The highest BCUT2D eigenvalue weighted by Gasteiger charge is 2.51. The van der Waals surface area contributed by atoms with Crippen LogP contribution in [0.2, 0.25) is 0 Å². The van der Waals surface area contributed by atoms with Crippen molar-refractivity contribution in [2.45, 2.75) is 18.9 Å². The number of fused-ring (bicyclic) bond motifs is 2. The largest absolute Gasteiger partial charge is 0.504 e. The Balaban J connectivity index is 2.09. The number of benzene rings is 2. The first-order valence-electron chi connectivity index (χ1n) is 8.82. The zero-order valence-corrected chi connectivity index (χ0v) is 15.9. The molecule has 144 valence electrons. The van der Waals surface area contributed by atoms with Crippen LogP contribution in [-0.2, 0) is 22.5 Å². The lowest BCUT2D eigenvalue weighted by molar-refractivity contribution is -1.26. The third-order valence-corrected chi connectivity index (χ3v) is 5.84. The molecule has 0 bridgehead atoms. The predicted octanol–water partition coefficient (Wildman–Crippen LogP) is 2.87. The maximum atomic E-state index is 11.0. The summed E-state index contributed by atoms with van der Waals surface area (Å²) >= 11 is 0. The average molecular weight is 374 g/mol. The molecule has 1 unspecified atom stereocenters. The molecule has 0 spiro atoms. The smallest absolute Gasteiger partial charge is 0.182 e. The lowest BCUT2D eigenvalue weighted by atomic mass is 9.76. The van der Waals surface area contributed by atoms with Crippen LogP contribution in [0.15, 0.2) is 18.2 Å². The second-order valence-corrected chi connectivity index (χ2v) is 6.81. The van der Waals surface area contributed by atoms with Gasteiger partial charge in [0.05, 0.1) is 28.4 Å². The molecule has 1 aliphatic heterocycles. The lowest BCUT2D eigenvalue weighted by Gasteiger charge is -2.44. The lowest BCUT2D eigenvalue weighted by Crippen LogP contribution is -2.54. The molecule has 2 N–H and O–H groups in total. The number of quaternary nitrogens is 1. The van der Waals surface area contributed by atoms with Crippen LogP contribution in [0, 0.1) is 0 Å². The van der Waals surface area contributed by atoms with E-state index in [-0.39, 0.29) is 22.4 Å². The summed E-state index contributed by atoms with van der Waals surface area (Å²) in [6, 6.07) is 5.33. The van der Waals surface area contributed by atoms with Crippen LogP contribution < -0.4 is 9.47 Å². The van der Waals surface area contributed by atoms with E-state index in [0.717, 1.165) is 16.7 Å². The minimum Gasteiger partial charge on any atom is -0.504 e. The summed E-state index contributed by atoms with van der Waals surface area (Å²) < 4.78 is 10.7. The third-order valence-electron chi connectivity index (χ3n) is 5.84. The first-order valence-corrected chi connectivity index (χ1v) is 8.82. The van der Waals surface area contributed by atoms with E-state index in [2.05, 4.69) is 0 Å². The average Bonchev–Trinajstić information content (AvgIpc) is 2.70. The Kier molecular flexibility index (Phi) is 4.18. The molecule has 1 heterocycles. The maximum Gasteiger partial charge on any atom is 0.182 e. The van der Waals surface area contributed by atoms with Crippen molar-refractivity contribution in [1.82, 2.24) is 0 Å². The predicted molar refractivity (Wildman–Crippen MR) is 97.6 cm³/mol. The summed E-state index contributed by atoms with van der Waals surface area (Å²) in [4.78, 5) is 11.6. The van der Waals surface area contributed by atoms with Crippen molar-refractivity contribution in [1.29, 1.82) is 0 Å². The molecule has 0 saturated heterocycles. The van der Waals surface area contributed by atoms with Crippen molar-refractivity contribution in [3.63, 3.8) is 0 Å². The first kappa shape index (κ1) is 17.9. The number of rotatable bonds is 4. The quantitative estimate of drug-likeness (QED) is 0.802. The van der Waals surface area contributed by atoms with Gasteiger partial charge in [-0.3, -0.25) is 0 Å². The molecule has 27 heavy (non-hydrogen) atoms. The molecule has 0 fully saturated rings. The molecule has 7 nitrogen and oxygen atoms in total. The highest BCUT2D eigenvalue weighted by molar-refractivity contribution is 5.87. The molecular formula is C20H24NO6+. The molecule has 2 aromatic rings. The van der Waals surface area contributed by atoms with Gasteiger partial charge in [-0.2, -0.15) is 9.68 Å². The Morgan fingerprint density at radius 3 is 2.19 bits per heavy atom. The molecule has 4 rings (SSSR count). The van der Waals surface area contributed by atoms with Gasteiger partial charge < -0.3 is 19.7 Å². The van der Waals surface area contributed by atoms with E-state index in [1.807, 2.05) is 12.1 Å². The van der Waals surface area contributed by atoms with Gasteiger partial charge in [0, 0.05) is 29.5 Å². The molecule has 0 saturated carbocycles. The van der Waals surface area contributed by atoms with E-state index in [1.54, 1.807) is 20.3 Å². The Hall–Kier alpha value is -2.48.